The van der Waals surface area contributed by atoms with Gasteiger partial charge in [0.15, 0.2) is 8.32 Å². The van der Waals surface area contributed by atoms with E-state index in [9.17, 15) is 9.90 Å². The second kappa shape index (κ2) is 9.71. The van der Waals surface area contributed by atoms with Gasteiger partial charge in [0.1, 0.15) is 6.17 Å². The number of hydrogen-bond acceptors (Lipinski definition) is 2. The Hall–Kier alpha value is -0.423. The van der Waals surface area contributed by atoms with Crippen LogP contribution in [0.2, 0.25) is 19.6 Å². The number of carboxylic acids is 1. The molecule has 4 fully saturated rings. The van der Waals surface area contributed by atoms with Crippen LogP contribution in [-0.4, -0.2) is 31.7 Å². The van der Waals surface area contributed by atoms with Crippen molar-refractivity contribution in [1.29, 1.82) is 0 Å². The Morgan fingerprint density at radius 2 is 1.71 bits per heavy atom. The Labute approximate surface area is 215 Å². The number of alkyl halides is 1. The standard InChI is InChI=1S/C30H53FO3Si/c1-9-20-26-27(31)19(3)14-16-30(26,5)23-15-17-29(4)21(18(2)10-13-24(32)33)11-12-22(29)25(23)28(20)34-35(6,7)8/h18-23,25-28H,9-17H2,1-8H3,(H,32,33)/t18-,19-,20-,21?,22?,23?,25?,26-,27+,28?,29-,30-/m1/s1. The van der Waals surface area contributed by atoms with Gasteiger partial charge in [-0.15, -0.1) is 0 Å². The van der Waals surface area contributed by atoms with E-state index in [1.807, 2.05) is 0 Å². The lowest BCUT2D eigenvalue weighted by Crippen LogP contribution is -2.65. The van der Waals surface area contributed by atoms with Crippen molar-refractivity contribution in [3.63, 3.8) is 0 Å². The van der Waals surface area contributed by atoms with E-state index >= 15 is 4.39 Å². The Bertz CT molecular complexity index is 782. The molecule has 5 unspecified atom stereocenters. The fourth-order valence-corrected chi connectivity index (χ4v) is 11.4. The second-order valence-corrected chi connectivity index (χ2v) is 19.1. The minimum Gasteiger partial charge on any atom is -0.481 e. The van der Waals surface area contributed by atoms with E-state index in [4.69, 9.17) is 4.43 Å². The second-order valence-electron chi connectivity index (χ2n) is 14.7. The molecular weight excluding hydrogens is 455 g/mol. The lowest BCUT2D eigenvalue weighted by Gasteiger charge is -2.66. The highest BCUT2D eigenvalue weighted by atomic mass is 28.4. The molecular formula is C30H53FO3Si. The minimum absolute atomic E-state index is 0.0743. The average molecular weight is 509 g/mol. The number of rotatable bonds is 7. The molecule has 0 heterocycles. The minimum atomic E-state index is -1.82. The van der Waals surface area contributed by atoms with Gasteiger partial charge < -0.3 is 9.53 Å². The van der Waals surface area contributed by atoms with Gasteiger partial charge in [-0.1, -0.05) is 41.0 Å². The van der Waals surface area contributed by atoms with Crippen molar-refractivity contribution in [2.45, 2.75) is 124 Å². The molecule has 0 aromatic rings. The number of fused-ring (bicyclic) bond motifs is 5. The molecule has 0 aromatic carbocycles. The van der Waals surface area contributed by atoms with Crippen molar-refractivity contribution in [3.05, 3.63) is 0 Å². The highest BCUT2D eigenvalue weighted by Crippen LogP contribution is 2.70. The molecule has 0 amide bonds. The third kappa shape index (κ3) is 4.68. The average Bonchev–Trinajstić information content (AvgIpc) is 3.12. The fraction of sp³-hybridized carbons (Fsp3) is 0.967. The summed E-state index contributed by atoms with van der Waals surface area (Å²) < 4.78 is 23.3. The van der Waals surface area contributed by atoms with Crippen molar-refractivity contribution < 1.29 is 18.7 Å². The van der Waals surface area contributed by atoms with Gasteiger partial charge in [0, 0.05) is 12.3 Å². The summed E-state index contributed by atoms with van der Waals surface area (Å²) in [5.74, 6) is 2.62. The fourth-order valence-electron chi connectivity index (χ4n) is 10.2. The van der Waals surface area contributed by atoms with Crippen LogP contribution in [0.15, 0.2) is 0 Å². The van der Waals surface area contributed by atoms with E-state index < -0.39 is 20.5 Å². The maximum Gasteiger partial charge on any atom is 0.303 e. The van der Waals surface area contributed by atoms with Crippen molar-refractivity contribution in [2.75, 3.05) is 0 Å². The Balaban J connectivity index is 1.73. The first kappa shape index (κ1) is 27.6. The van der Waals surface area contributed by atoms with Gasteiger partial charge in [-0.3, -0.25) is 4.79 Å². The molecule has 3 nitrogen and oxygen atoms in total. The number of hydrogen-bond donors (Lipinski definition) is 1. The summed E-state index contributed by atoms with van der Waals surface area (Å²) in [5, 5.41) is 9.29. The van der Waals surface area contributed by atoms with Crippen LogP contribution in [0.4, 0.5) is 4.39 Å². The summed E-state index contributed by atoms with van der Waals surface area (Å²) in [6.07, 6.45) is 8.56. The molecule has 4 aliphatic carbocycles. The van der Waals surface area contributed by atoms with Crippen molar-refractivity contribution in [2.24, 2.45) is 58.2 Å². The number of halogens is 1. The molecule has 0 aliphatic heterocycles. The van der Waals surface area contributed by atoms with Crippen molar-refractivity contribution in [1.82, 2.24) is 0 Å². The molecule has 1 N–H and O–H groups in total. The molecule has 0 radical (unpaired) electrons. The van der Waals surface area contributed by atoms with Crippen LogP contribution < -0.4 is 0 Å². The molecule has 0 bridgehead atoms. The van der Waals surface area contributed by atoms with Crippen LogP contribution in [-0.2, 0) is 9.22 Å². The highest BCUT2D eigenvalue weighted by Gasteiger charge is 2.67. The summed E-state index contributed by atoms with van der Waals surface area (Å²) in [7, 11) is -1.82. The largest absolute Gasteiger partial charge is 0.481 e. The first-order chi connectivity index (χ1) is 16.2. The van der Waals surface area contributed by atoms with Gasteiger partial charge in [-0.05, 0) is 117 Å². The number of aliphatic carboxylic acids is 1. The molecule has 202 valence electrons. The molecule has 4 aliphatic rings. The maximum absolute atomic E-state index is 16.1. The van der Waals surface area contributed by atoms with Crippen molar-refractivity contribution >= 4 is 14.3 Å². The first-order valence-corrected chi connectivity index (χ1v) is 18.2. The lowest BCUT2D eigenvalue weighted by atomic mass is 9.40. The topological polar surface area (TPSA) is 46.5 Å². The molecule has 0 aromatic heterocycles. The normalized spacial score (nSPS) is 48.5. The van der Waals surface area contributed by atoms with Gasteiger partial charge in [0.05, 0.1) is 6.10 Å². The number of carbonyl (C=O) groups is 1. The van der Waals surface area contributed by atoms with E-state index in [0.29, 0.717) is 35.5 Å². The zero-order valence-corrected chi connectivity index (χ0v) is 24.8. The van der Waals surface area contributed by atoms with E-state index in [1.165, 1.54) is 32.1 Å². The quantitative estimate of drug-likeness (QED) is 0.353. The molecule has 4 saturated carbocycles. The van der Waals surface area contributed by atoms with Gasteiger partial charge in [0.2, 0.25) is 0 Å². The van der Waals surface area contributed by atoms with Crippen LogP contribution in [0, 0.1) is 58.2 Å². The van der Waals surface area contributed by atoms with Crippen LogP contribution in [0.1, 0.15) is 92.4 Å². The Morgan fingerprint density at radius 3 is 2.31 bits per heavy atom. The van der Waals surface area contributed by atoms with Gasteiger partial charge in [-0.25, -0.2) is 4.39 Å². The summed E-state index contributed by atoms with van der Waals surface area (Å²) in [5.41, 5.74) is 0.323. The van der Waals surface area contributed by atoms with Crippen molar-refractivity contribution in [3.8, 4) is 0 Å². The maximum atomic E-state index is 16.1. The Morgan fingerprint density at radius 1 is 1.09 bits per heavy atom. The SMILES string of the molecule is CC[C@H]1C(O[Si](C)(C)C)C2C3CCC([C@H](C)CCC(=O)O)[C@@]3(C)CCC2[C@@]2(C)CC[C@@H](C)[C@H](F)[C@@H]12. The Kier molecular flexibility index (Phi) is 7.66. The summed E-state index contributed by atoms with van der Waals surface area (Å²) >= 11 is 0. The zero-order chi connectivity index (χ0) is 25.9. The predicted octanol–water partition coefficient (Wildman–Crippen LogP) is 8.20. The van der Waals surface area contributed by atoms with Crippen LogP contribution in [0.3, 0.4) is 0 Å². The predicted molar refractivity (Wildman–Crippen MR) is 143 cm³/mol. The molecule has 5 heteroatoms. The monoisotopic (exact) mass is 508 g/mol. The summed E-state index contributed by atoms with van der Waals surface area (Å²) in [6.45, 7) is 18.6. The zero-order valence-electron chi connectivity index (χ0n) is 23.8. The summed E-state index contributed by atoms with van der Waals surface area (Å²) in [6, 6.07) is 0. The third-order valence-corrected chi connectivity index (χ3v) is 12.7. The van der Waals surface area contributed by atoms with Crippen LogP contribution in [0.5, 0.6) is 0 Å². The van der Waals surface area contributed by atoms with Gasteiger partial charge in [0.25, 0.3) is 0 Å². The van der Waals surface area contributed by atoms with Gasteiger partial charge >= 0.3 is 5.97 Å². The van der Waals surface area contributed by atoms with Crippen LogP contribution in [0.25, 0.3) is 0 Å². The van der Waals surface area contributed by atoms with Gasteiger partial charge in [-0.2, -0.15) is 0 Å². The third-order valence-electron chi connectivity index (χ3n) is 11.8. The van der Waals surface area contributed by atoms with E-state index in [0.717, 1.165) is 19.3 Å². The molecule has 4 rings (SSSR count). The first-order valence-electron chi connectivity index (χ1n) is 14.8. The highest BCUT2D eigenvalue weighted by molar-refractivity contribution is 6.69. The molecule has 12 atom stereocenters. The van der Waals surface area contributed by atoms with E-state index in [2.05, 4.69) is 54.3 Å². The lowest BCUT2D eigenvalue weighted by molar-refractivity contribution is -0.210. The van der Waals surface area contributed by atoms with Crippen LogP contribution >= 0.6 is 0 Å². The molecule has 0 saturated heterocycles. The van der Waals surface area contributed by atoms with E-state index in [-0.39, 0.29) is 35.2 Å². The number of carboxylic acid groups (broad SMARTS) is 1. The smallest absolute Gasteiger partial charge is 0.303 e. The van der Waals surface area contributed by atoms with E-state index in [1.54, 1.807) is 0 Å². The molecule has 35 heavy (non-hydrogen) atoms. The molecule has 0 spiro atoms. The summed E-state index contributed by atoms with van der Waals surface area (Å²) in [4.78, 5) is 11.3.